The standard InChI is InChI=1S/C31H50N4O6/c1-21(2)34(30(38)23-9-12-27(40-7)28(15-23)41-14-8-13-39-6)19-24-17-32-18-25(24)20-35(26-10-11-26)29(37)16-31(4,5)33-22(3)36/h9,12,15,21,24-26,32H,8,10-11,13-14,16-20H2,1-7H3,(H,33,36)/t24-,25+/m0/s1. The van der Waals surface area contributed by atoms with E-state index in [2.05, 4.69) is 10.6 Å². The van der Waals surface area contributed by atoms with Crippen molar-refractivity contribution in [2.45, 2.75) is 77.9 Å². The second-order valence-electron chi connectivity index (χ2n) is 12.3. The maximum atomic E-state index is 13.8. The number of rotatable bonds is 16. The molecule has 10 heteroatoms. The van der Waals surface area contributed by atoms with E-state index in [-0.39, 0.29) is 48.1 Å². The number of hydrogen-bond donors (Lipinski definition) is 2. The Morgan fingerprint density at radius 1 is 1.05 bits per heavy atom. The van der Waals surface area contributed by atoms with Crippen LogP contribution in [-0.4, -0.2) is 98.8 Å². The lowest BCUT2D eigenvalue weighted by Gasteiger charge is -2.35. The molecule has 3 rings (SSSR count). The van der Waals surface area contributed by atoms with Gasteiger partial charge in [0.25, 0.3) is 5.91 Å². The van der Waals surface area contributed by atoms with Crippen LogP contribution < -0.4 is 20.1 Å². The fourth-order valence-corrected chi connectivity index (χ4v) is 5.56. The van der Waals surface area contributed by atoms with Crippen molar-refractivity contribution in [3.05, 3.63) is 23.8 Å². The molecule has 1 aromatic carbocycles. The molecular formula is C31H50N4O6. The van der Waals surface area contributed by atoms with E-state index in [0.717, 1.165) is 32.4 Å². The van der Waals surface area contributed by atoms with Crippen LogP contribution in [0.4, 0.5) is 0 Å². The molecule has 1 aliphatic carbocycles. The van der Waals surface area contributed by atoms with E-state index in [1.165, 1.54) is 6.92 Å². The number of benzene rings is 1. The zero-order valence-electron chi connectivity index (χ0n) is 26.0. The third kappa shape index (κ3) is 9.60. The Bertz CT molecular complexity index is 1040. The van der Waals surface area contributed by atoms with Crippen molar-refractivity contribution in [1.82, 2.24) is 20.4 Å². The Morgan fingerprint density at radius 3 is 2.32 bits per heavy atom. The molecule has 1 heterocycles. The van der Waals surface area contributed by atoms with Gasteiger partial charge in [0.2, 0.25) is 11.8 Å². The Kier molecular flexibility index (Phi) is 11.8. The first kappa shape index (κ1) is 32.7. The van der Waals surface area contributed by atoms with Crippen LogP contribution in [0.1, 0.15) is 70.7 Å². The zero-order valence-corrected chi connectivity index (χ0v) is 26.0. The fourth-order valence-electron chi connectivity index (χ4n) is 5.56. The van der Waals surface area contributed by atoms with Crippen molar-refractivity contribution < 1.29 is 28.6 Å². The first-order chi connectivity index (χ1) is 19.5. The summed E-state index contributed by atoms with van der Waals surface area (Å²) < 4.78 is 16.5. The second-order valence-corrected chi connectivity index (χ2v) is 12.3. The van der Waals surface area contributed by atoms with Gasteiger partial charge in [-0.2, -0.15) is 0 Å². The molecule has 0 bridgehead atoms. The summed E-state index contributed by atoms with van der Waals surface area (Å²) in [7, 11) is 3.24. The smallest absolute Gasteiger partial charge is 0.254 e. The third-order valence-corrected chi connectivity index (χ3v) is 7.80. The normalized spacial score (nSPS) is 18.7. The summed E-state index contributed by atoms with van der Waals surface area (Å²) in [6.07, 6.45) is 3.02. The van der Waals surface area contributed by atoms with Gasteiger partial charge < -0.3 is 34.6 Å². The van der Waals surface area contributed by atoms with E-state index in [9.17, 15) is 14.4 Å². The molecule has 1 saturated heterocycles. The zero-order chi connectivity index (χ0) is 30.2. The van der Waals surface area contributed by atoms with Crippen LogP contribution >= 0.6 is 0 Å². The van der Waals surface area contributed by atoms with Gasteiger partial charge in [0.1, 0.15) is 0 Å². The Balaban J connectivity index is 1.70. The topological polar surface area (TPSA) is 109 Å². The van der Waals surface area contributed by atoms with E-state index in [1.54, 1.807) is 32.4 Å². The summed E-state index contributed by atoms with van der Waals surface area (Å²) in [4.78, 5) is 42.8. The molecular weight excluding hydrogens is 524 g/mol. The first-order valence-electron chi connectivity index (χ1n) is 14.9. The molecule has 2 N–H and O–H groups in total. The summed E-state index contributed by atoms with van der Waals surface area (Å²) in [5.74, 6) is 1.45. The Labute approximate surface area is 245 Å². The third-order valence-electron chi connectivity index (χ3n) is 7.80. The Morgan fingerprint density at radius 2 is 1.73 bits per heavy atom. The van der Waals surface area contributed by atoms with Gasteiger partial charge in [-0.25, -0.2) is 0 Å². The number of amides is 3. The van der Waals surface area contributed by atoms with Crippen molar-refractivity contribution in [3.63, 3.8) is 0 Å². The molecule has 3 amide bonds. The molecule has 0 unspecified atom stereocenters. The molecule has 0 aromatic heterocycles. The van der Waals surface area contributed by atoms with E-state index in [0.29, 0.717) is 43.4 Å². The molecule has 1 saturated carbocycles. The average Bonchev–Trinajstić information content (AvgIpc) is 3.65. The fraction of sp³-hybridized carbons (Fsp3) is 0.710. The molecule has 2 aliphatic rings. The number of carbonyl (C=O) groups is 3. The maximum Gasteiger partial charge on any atom is 0.254 e. The van der Waals surface area contributed by atoms with E-state index in [1.807, 2.05) is 37.5 Å². The van der Waals surface area contributed by atoms with Crippen molar-refractivity contribution in [2.24, 2.45) is 11.8 Å². The first-order valence-corrected chi connectivity index (χ1v) is 14.9. The molecule has 2 fully saturated rings. The highest BCUT2D eigenvalue weighted by molar-refractivity contribution is 5.95. The summed E-state index contributed by atoms with van der Waals surface area (Å²) in [5, 5.41) is 6.40. The predicted octanol–water partition coefficient (Wildman–Crippen LogP) is 3.09. The van der Waals surface area contributed by atoms with E-state index >= 15 is 0 Å². The van der Waals surface area contributed by atoms with Crippen molar-refractivity contribution in [2.75, 3.05) is 53.6 Å². The largest absolute Gasteiger partial charge is 0.493 e. The van der Waals surface area contributed by atoms with Crippen LogP contribution in [-0.2, 0) is 14.3 Å². The molecule has 1 aliphatic heterocycles. The molecule has 230 valence electrons. The number of methoxy groups -OCH3 is 2. The number of nitrogens with one attached hydrogen (secondary N) is 2. The van der Waals surface area contributed by atoms with Gasteiger partial charge >= 0.3 is 0 Å². The van der Waals surface area contributed by atoms with Crippen LogP contribution in [0.5, 0.6) is 11.5 Å². The number of nitrogens with zero attached hydrogens (tertiary/aromatic N) is 2. The van der Waals surface area contributed by atoms with Gasteiger partial charge in [0.05, 0.1) is 13.7 Å². The highest BCUT2D eigenvalue weighted by Crippen LogP contribution is 2.32. The van der Waals surface area contributed by atoms with Crippen molar-refractivity contribution in [3.8, 4) is 11.5 Å². The van der Waals surface area contributed by atoms with Gasteiger partial charge in [-0.15, -0.1) is 0 Å². The highest BCUT2D eigenvalue weighted by atomic mass is 16.5. The van der Waals surface area contributed by atoms with Crippen LogP contribution in [0.2, 0.25) is 0 Å². The minimum absolute atomic E-state index is 0.00320. The van der Waals surface area contributed by atoms with Gasteiger partial charge in [-0.3, -0.25) is 14.4 Å². The lowest BCUT2D eigenvalue weighted by Crippen LogP contribution is -2.49. The molecule has 1 aromatic rings. The molecule has 0 spiro atoms. The van der Waals surface area contributed by atoms with Crippen LogP contribution in [0.15, 0.2) is 18.2 Å². The average molecular weight is 575 g/mol. The van der Waals surface area contributed by atoms with E-state index in [4.69, 9.17) is 14.2 Å². The number of carbonyl (C=O) groups excluding carboxylic acids is 3. The maximum absolute atomic E-state index is 13.8. The lowest BCUT2D eigenvalue weighted by molar-refractivity contribution is -0.134. The quantitative estimate of drug-likeness (QED) is 0.292. The van der Waals surface area contributed by atoms with Crippen molar-refractivity contribution >= 4 is 17.7 Å². The number of hydrogen-bond acceptors (Lipinski definition) is 7. The minimum Gasteiger partial charge on any atom is -0.493 e. The summed E-state index contributed by atoms with van der Waals surface area (Å²) in [6, 6.07) is 5.59. The summed E-state index contributed by atoms with van der Waals surface area (Å²) in [5.41, 5.74) is -0.0478. The molecule has 41 heavy (non-hydrogen) atoms. The van der Waals surface area contributed by atoms with Gasteiger partial charge in [-0.1, -0.05) is 0 Å². The molecule has 10 nitrogen and oxygen atoms in total. The lowest BCUT2D eigenvalue weighted by atomic mass is 9.93. The van der Waals surface area contributed by atoms with Crippen molar-refractivity contribution in [1.29, 1.82) is 0 Å². The van der Waals surface area contributed by atoms with Gasteiger partial charge in [-0.05, 0) is 70.6 Å². The Hall–Kier alpha value is -2.85. The minimum atomic E-state index is -0.602. The van der Waals surface area contributed by atoms with Crippen LogP contribution in [0.25, 0.3) is 0 Å². The monoisotopic (exact) mass is 574 g/mol. The molecule has 2 atom stereocenters. The predicted molar refractivity (Wildman–Crippen MR) is 158 cm³/mol. The summed E-state index contributed by atoms with van der Waals surface area (Å²) >= 11 is 0. The summed E-state index contributed by atoms with van der Waals surface area (Å²) in [6.45, 7) is 13.2. The number of ether oxygens (including phenoxy) is 3. The SMILES string of the molecule is COCCCOc1cc(C(=O)N(C[C@@H]2CNC[C@@H]2CN(C(=O)CC(C)(C)NC(C)=O)C2CC2)C(C)C)ccc1OC. The highest BCUT2D eigenvalue weighted by Gasteiger charge is 2.39. The van der Waals surface area contributed by atoms with Gasteiger partial charge in [0, 0.05) is 82.8 Å². The molecule has 0 radical (unpaired) electrons. The second kappa shape index (κ2) is 14.9. The van der Waals surface area contributed by atoms with Gasteiger partial charge in [0.15, 0.2) is 11.5 Å². The van der Waals surface area contributed by atoms with Crippen LogP contribution in [0, 0.1) is 11.8 Å². The van der Waals surface area contributed by atoms with Crippen LogP contribution in [0.3, 0.4) is 0 Å². The van der Waals surface area contributed by atoms with E-state index < -0.39 is 5.54 Å².